The summed E-state index contributed by atoms with van der Waals surface area (Å²) in [5, 5.41) is 2.55. The van der Waals surface area contributed by atoms with Crippen LogP contribution >= 0.6 is 0 Å². The molecule has 0 radical (unpaired) electrons. The highest BCUT2D eigenvalue weighted by Gasteiger charge is 2.36. The monoisotopic (exact) mass is 602 g/mol. The Morgan fingerprint density at radius 1 is 0.426 bits per heavy atom. The topological polar surface area (TPSA) is 8.17 Å². The van der Waals surface area contributed by atoms with Gasteiger partial charge in [-0.15, -0.1) is 0 Å². The van der Waals surface area contributed by atoms with Crippen molar-refractivity contribution in [2.24, 2.45) is 0 Å². The average molecular weight is 603 g/mol. The zero-order chi connectivity index (χ0) is 31.5. The minimum atomic E-state index is -0.0572. The summed E-state index contributed by atoms with van der Waals surface area (Å²) in [6.45, 7) is 4.72. The van der Waals surface area contributed by atoms with Crippen LogP contribution in [0.15, 0.2) is 170 Å². The fourth-order valence-electron chi connectivity index (χ4n) is 7.65. The highest BCUT2D eigenvalue weighted by molar-refractivity contribution is 6.12. The highest BCUT2D eigenvalue weighted by Crippen LogP contribution is 2.51. The largest absolute Gasteiger partial charge is 0.311 e. The summed E-state index contributed by atoms with van der Waals surface area (Å²) >= 11 is 0. The zero-order valence-electron chi connectivity index (χ0n) is 26.6. The molecule has 0 N–H and O–H groups in total. The number of aromatic nitrogens is 1. The van der Waals surface area contributed by atoms with Crippen molar-refractivity contribution in [3.05, 3.63) is 181 Å². The van der Waals surface area contributed by atoms with Gasteiger partial charge < -0.3 is 9.47 Å². The third kappa shape index (κ3) is 4.33. The quantitative estimate of drug-likeness (QED) is 0.190. The summed E-state index contributed by atoms with van der Waals surface area (Å²) in [5.74, 6) is 0. The van der Waals surface area contributed by atoms with Crippen LogP contribution in [0.25, 0.3) is 49.7 Å². The summed E-state index contributed by atoms with van der Waals surface area (Å²) in [6, 6.07) is 61.7. The maximum Gasteiger partial charge on any atom is 0.0544 e. The van der Waals surface area contributed by atoms with Gasteiger partial charge in [0.25, 0.3) is 0 Å². The van der Waals surface area contributed by atoms with Gasteiger partial charge in [0.15, 0.2) is 0 Å². The van der Waals surface area contributed by atoms with Crippen molar-refractivity contribution >= 4 is 38.9 Å². The Labute approximate surface area is 275 Å². The average Bonchev–Trinajstić information content (AvgIpc) is 3.57. The molecule has 0 aliphatic heterocycles. The number of fused-ring (bicyclic) bond motifs is 6. The molecule has 1 heterocycles. The molecule has 0 saturated carbocycles. The molecule has 1 aromatic heterocycles. The van der Waals surface area contributed by atoms with Crippen molar-refractivity contribution in [2.45, 2.75) is 19.3 Å². The Morgan fingerprint density at radius 2 is 0.979 bits per heavy atom. The van der Waals surface area contributed by atoms with Crippen LogP contribution in [-0.2, 0) is 5.41 Å². The molecule has 7 aromatic carbocycles. The molecule has 1 aliphatic rings. The Balaban J connectivity index is 1.21. The van der Waals surface area contributed by atoms with Gasteiger partial charge >= 0.3 is 0 Å². The van der Waals surface area contributed by atoms with Gasteiger partial charge in [0, 0.05) is 38.9 Å². The lowest BCUT2D eigenvalue weighted by Gasteiger charge is -2.25. The molecule has 2 nitrogen and oxygen atoms in total. The zero-order valence-corrected chi connectivity index (χ0v) is 26.6. The van der Waals surface area contributed by atoms with Gasteiger partial charge in [-0.05, 0) is 106 Å². The number of anilines is 3. The maximum absolute atomic E-state index is 2.45. The van der Waals surface area contributed by atoms with E-state index in [-0.39, 0.29) is 5.41 Å². The molecule has 47 heavy (non-hydrogen) atoms. The minimum absolute atomic E-state index is 0.0572. The van der Waals surface area contributed by atoms with E-state index in [9.17, 15) is 0 Å². The van der Waals surface area contributed by atoms with Gasteiger partial charge in [-0.1, -0.05) is 111 Å². The number of benzene rings is 7. The minimum Gasteiger partial charge on any atom is -0.311 e. The fourth-order valence-corrected chi connectivity index (χ4v) is 7.65. The lowest BCUT2D eigenvalue weighted by atomic mass is 9.82. The van der Waals surface area contributed by atoms with Crippen molar-refractivity contribution in [3.63, 3.8) is 0 Å². The van der Waals surface area contributed by atoms with Gasteiger partial charge in [0.05, 0.1) is 11.0 Å². The van der Waals surface area contributed by atoms with Gasteiger partial charge in [-0.2, -0.15) is 0 Å². The molecular weight excluding hydrogens is 569 g/mol. The lowest BCUT2D eigenvalue weighted by molar-refractivity contribution is 0.661. The van der Waals surface area contributed by atoms with Crippen LogP contribution in [0.1, 0.15) is 25.0 Å². The molecule has 0 amide bonds. The van der Waals surface area contributed by atoms with Crippen LogP contribution < -0.4 is 4.90 Å². The van der Waals surface area contributed by atoms with E-state index in [1.807, 2.05) is 0 Å². The highest BCUT2D eigenvalue weighted by atomic mass is 15.1. The van der Waals surface area contributed by atoms with E-state index in [1.54, 1.807) is 0 Å². The van der Waals surface area contributed by atoms with Crippen LogP contribution in [0.4, 0.5) is 17.1 Å². The second-order valence-electron chi connectivity index (χ2n) is 13.0. The summed E-state index contributed by atoms with van der Waals surface area (Å²) in [5.41, 5.74) is 14.9. The van der Waals surface area contributed by atoms with E-state index in [1.165, 1.54) is 60.9 Å². The van der Waals surface area contributed by atoms with E-state index in [0.29, 0.717) is 0 Å². The normalized spacial score (nSPS) is 13.1. The van der Waals surface area contributed by atoms with Crippen molar-refractivity contribution in [3.8, 4) is 27.9 Å². The smallest absolute Gasteiger partial charge is 0.0544 e. The number of hydrogen-bond acceptors (Lipinski definition) is 1. The number of nitrogens with zero attached hydrogens (tertiary/aromatic N) is 2. The van der Waals surface area contributed by atoms with E-state index in [0.717, 1.165) is 17.1 Å². The molecule has 0 fully saturated rings. The molecule has 0 atom stereocenters. The Morgan fingerprint density at radius 3 is 1.66 bits per heavy atom. The van der Waals surface area contributed by atoms with Crippen LogP contribution in [0, 0.1) is 0 Å². The first kappa shape index (κ1) is 27.5. The van der Waals surface area contributed by atoms with Gasteiger partial charge in [0.1, 0.15) is 0 Å². The van der Waals surface area contributed by atoms with Gasteiger partial charge in [0.2, 0.25) is 0 Å². The van der Waals surface area contributed by atoms with Crippen molar-refractivity contribution in [1.82, 2.24) is 4.57 Å². The van der Waals surface area contributed by atoms with Crippen LogP contribution in [0.2, 0.25) is 0 Å². The maximum atomic E-state index is 2.45. The molecular formula is C45H34N2. The molecule has 0 spiro atoms. The molecule has 9 rings (SSSR count). The molecule has 0 saturated heterocycles. The summed E-state index contributed by atoms with van der Waals surface area (Å²) in [4.78, 5) is 2.31. The van der Waals surface area contributed by atoms with Crippen molar-refractivity contribution < 1.29 is 0 Å². The van der Waals surface area contributed by atoms with E-state index >= 15 is 0 Å². The van der Waals surface area contributed by atoms with Gasteiger partial charge in [-0.3, -0.25) is 0 Å². The second kappa shape index (κ2) is 10.6. The Bertz CT molecular complexity index is 2360. The van der Waals surface area contributed by atoms with Crippen LogP contribution in [0.5, 0.6) is 0 Å². The van der Waals surface area contributed by atoms with E-state index < -0.39 is 0 Å². The van der Waals surface area contributed by atoms with Gasteiger partial charge in [-0.25, -0.2) is 0 Å². The molecule has 8 aromatic rings. The summed E-state index contributed by atoms with van der Waals surface area (Å²) in [7, 11) is 0. The second-order valence-corrected chi connectivity index (χ2v) is 13.0. The lowest BCUT2D eigenvalue weighted by Crippen LogP contribution is -2.14. The third-order valence-corrected chi connectivity index (χ3v) is 9.97. The molecule has 224 valence electrons. The summed E-state index contributed by atoms with van der Waals surface area (Å²) in [6.07, 6.45) is 0. The van der Waals surface area contributed by atoms with Crippen LogP contribution in [-0.4, -0.2) is 4.57 Å². The fraction of sp³-hybridized carbons (Fsp3) is 0.0667. The first-order valence-corrected chi connectivity index (χ1v) is 16.4. The SMILES string of the molecule is CC1(C)c2ccccc2-c2cc3c4cc(-c5ccc(N(c6ccccc6)c6ccccc6)cc5)ccc4n(-c4ccccc4)c3cc21. The van der Waals surface area contributed by atoms with E-state index in [4.69, 9.17) is 0 Å². The molecule has 1 aliphatic carbocycles. The van der Waals surface area contributed by atoms with Crippen molar-refractivity contribution in [2.75, 3.05) is 4.90 Å². The first-order valence-electron chi connectivity index (χ1n) is 16.4. The first-order chi connectivity index (χ1) is 23.1. The standard InChI is InChI=1S/C45H34N2/c1-45(2)41-21-13-12-20-37(41)38-29-40-39-28-32(24-27-43(39)47(44(40)30-42(38)45)35-18-10-5-11-19-35)31-22-25-36(26-23-31)46(33-14-6-3-7-15-33)34-16-8-4-9-17-34/h3-30H,1-2H3. The number of hydrogen-bond donors (Lipinski definition) is 0. The molecule has 0 bridgehead atoms. The third-order valence-electron chi connectivity index (χ3n) is 9.97. The number of rotatable bonds is 5. The number of para-hydroxylation sites is 3. The molecule has 2 heteroatoms. The predicted molar refractivity (Wildman–Crippen MR) is 198 cm³/mol. The Hall–Kier alpha value is -5.86. The van der Waals surface area contributed by atoms with Crippen LogP contribution in [0.3, 0.4) is 0 Å². The Kier molecular flexibility index (Phi) is 6.20. The predicted octanol–water partition coefficient (Wildman–Crippen LogP) is 12.2. The van der Waals surface area contributed by atoms with Crippen molar-refractivity contribution in [1.29, 1.82) is 0 Å². The molecule has 0 unspecified atom stereocenters. The summed E-state index contributed by atoms with van der Waals surface area (Å²) < 4.78 is 2.44. The van der Waals surface area contributed by atoms with E-state index in [2.05, 4.69) is 193 Å².